The molecule has 0 bridgehead atoms. The Hall–Kier alpha value is -3.63. The van der Waals surface area contributed by atoms with E-state index in [9.17, 15) is 14.4 Å². The molecule has 4 rings (SSSR count). The van der Waals surface area contributed by atoms with Crippen molar-refractivity contribution in [3.63, 3.8) is 0 Å². The van der Waals surface area contributed by atoms with Crippen molar-refractivity contribution in [3.05, 3.63) is 58.9 Å². The van der Waals surface area contributed by atoms with Crippen LogP contribution in [0.3, 0.4) is 0 Å². The average molecular weight is 422 g/mol. The number of nitrogens with one attached hydrogen (secondary N) is 2. The predicted molar refractivity (Wildman–Crippen MR) is 115 cm³/mol. The summed E-state index contributed by atoms with van der Waals surface area (Å²) in [6.45, 7) is 2.81. The summed E-state index contributed by atoms with van der Waals surface area (Å²) in [4.78, 5) is 39.0. The maximum atomic E-state index is 12.4. The number of morpholine rings is 1. The predicted octanol–water partition coefficient (Wildman–Crippen LogP) is 0.701. The van der Waals surface area contributed by atoms with Crippen LogP contribution in [0.4, 0.5) is 11.4 Å². The molecule has 1 aliphatic rings. The number of anilines is 2. The quantitative estimate of drug-likeness (QED) is 0.600. The summed E-state index contributed by atoms with van der Waals surface area (Å²) in [7, 11) is 0. The third kappa shape index (κ3) is 5.30. The van der Waals surface area contributed by atoms with Crippen molar-refractivity contribution in [1.82, 2.24) is 19.9 Å². The topological polar surface area (TPSA) is 118 Å². The summed E-state index contributed by atoms with van der Waals surface area (Å²) in [5.41, 5.74) is 1.28. The minimum Gasteiger partial charge on any atom is -0.379 e. The summed E-state index contributed by atoms with van der Waals surface area (Å²) < 4.78 is 6.30. The number of carbonyl (C=O) groups is 2. The SMILES string of the molecule is O=C(CN1CCOCC1)Nc1ccc(NC(=O)Cn2nnc3ccccc3c2=O)cc1. The van der Waals surface area contributed by atoms with Crippen LogP contribution in [0, 0.1) is 0 Å². The number of fused-ring (bicyclic) bond motifs is 1. The second-order valence-corrected chi connectivity index (χ2v) is 7.13. The molecule has 2 amide bonds. The van der Waals surface area contributed by atoms with Gasteiger partial charge in [-0.25, -0.2) is 4.68 Å². The molecule has 10 heteroatoms. The molecule has 0 saturated carbocycles. The molecule has 0 spiro atoms. The van der Waals surface area contributed by atoms with Gasteiger partial charge in [0.05, 0.1) is 25.1 Å². The lowest BCUT2D eigenvalue weighted by atomic mass is 10.2. The van der Waals surface area contributed by atoms with E-state index in [1.165, 1.54) is 0 Å². The Morgan fingerprint density at radius 1 is 0.903 bits per heavy atom. The molecule has 2 aromatic carbocycles. The molecule has 2 N–H and O–H groups in total. The van der Waals surface area contributed by atoms with E-state index in [-0.39, 0.29) is 18.0 Å². The fourth-order valence-electron chi connectivity index (χ4n) is 3.26. The number of hydrogen-bond donors (Lipinski definition) is 2. The molecule has 31 heavy (non-hydrogen) atoms. The maximum absolute atomic E-state index is 12.4. The van der Waals surface area contributed by atoms with Crippen LogP contribution in [0.1, 0.15) is 0 Å². The van der Waals surface area contributed by atoms with E-state index in [1.807, 2.05) is 4.90 Å². The summed E-state index contributed by atoms with van der Waals surface area (Å²) in [6, 6.07) is 13.6. The number of carbonyl (C=O) groups excluding carboxylic acids is 2. The Kier molecular flexibility index (Phi) is 6.29. The first-order valence-corrected chi connectivity index (χ1v) is 9.91. The van der Waals surface area contributed by atoms with Gasteiger partial charge >= 0.3 is 0 Å². The third-order valence-corrected chi connectivity index (χ3v) is 4.85. The van der Waals surface area contributed by atoms with Crippen LogP contribution >= 0.6 is 0 Å². The second kappa shape index (κ2) is 9.45. The van der Waals surface area contributed by atoms with Crippen LogP contribution < -0.4 is 16.2 Å². The van der Waals surface area contributed by atoms with Gasteiger partial charge in [0.1, 0.15) is 12.1 Å². The van der Waals surface area contributed by atoms with Gasteiger partial charge in [0.15, 0.2) is 0 Å². The van der Waals surface area contributed by atoms with E-state index in [2.05, 4.69) is 20.9 Å². The normalized spacial score (nSPS) is 14.3. The lowest BCUT2D eigenvalue weighted by Gasteiger charge is -2.25. The third-order valence-electron chi connectivity index (χ3n) is 4.85. The molecular weight excluding hydrogens is 400 g/mol. The van der Waals surface area contributed by atoms with E-state index in [0.717, 1.165) is 17.8 Å². The Morgan fingerprint density at radius 3 is 2.19 bits per heavy atom. The molecule has 160 valence electrons. The average Bonchev–Trinajstić information content (AvgIpc) is 2.78. The van der Waals surface area contributed by atoms with Gasteiger partial charge in [-0.1, -0.05) is 17.3 Å². The molecule has 1 saturated heterocycles. The fraction of sp³-hybridized carbons (Fsp3) is 0.286. The molecule has 1 aliphatic heterocycles. The molecular formula is C21H22N6O4. The lowest BCUT2D eigenvalue weighted by molar-refractivity contribution is -0.118. The highest BCUT2D eigenvalue weighted by atomic mass is 16.5. The van der Waals surface area contributed by atoms with Gasteiger partial charge in [0, 0.05) is 24.5 Å². The van der Waals surface area contributed by atoms with Crippen LogP contribution in [0.5, 0.6) is 0 Å². The van der Waals surface area contributed by atoms with E-state index in [4.69, 9.17) is 4.74 Å². The number of benzene rings is 2. The van der Waals surface area contributed by atoms with Crippen molar-refractivity contribution in [2.24, 2.45) is 0 Å². The van der Waals surface area contributed by atoms with Crippen molar-refractivity contribution in [1.29, 1.82) is 0 Å². The van der Waals surface area contributed by atoms with Gasteiger partial charge in [0.25, 0.3) is 5.56 Å². The number of ether oxygens (including phenoxy) is 1. The zero-order valence-electron chi connectivity index (χ0n) is 16.8. The Morgan fingerprint density at radius 2 is 1.52 bits per heavy atom. The molecule has 0 atom stereocenters. The Labute approximate surface area is 177 Å². The van der Waals surface area contributed by atoms with Crippen molar-refractivity contribution in [2.45, 2.75) is 6.54 Å². The maximum Gasteiger partial charge on any atom is 0.278 e. The smallest absolute Gasteiger partial charge is 0.278 e. The minimum absolute atomic E-state index is 0.104. The summed E-state index contributed by atoms with van der Waals surface area (Å²) in [5.74, 6) is -0.510. The van der Waals surface area contributed by atoms with Crippen LogP contribution in [0.15, 0.2) is 53.3 Å². The van der Waals surface area contributed by atoms with E-state index < -0.39 is 5.91 Å². The summed E-state index contributed by atoms with van der Waals surface area (Å²) >= 11 is 0. The van der Waals surface area contributed by atoms with E-state index in [0.29, 0.717) is 42.0 Å². The fourth-order valence-corrected chi connectivity index (χ4v) is 3.26. The van der Waals surface area contributed by atoms with E-state index in [1.54, 1.807) is 48.5 Å². The lowest BCUT2D eigenvalue weighted by Crippen LogP contribution is -2.41. The van der Waals surface area contributed by atoms with Gasteiger partial charge in [-0.15, -0.1) is 5.10 Å². The Bertz CT molecular complexity index is 1140. The molecule has 2 heterocycles. The highest BCUT2D eigenvalue weighted by Crippen LogP contribution is 2.14. The summed E-state index contributed by atoms with van der Waals surface area (Å²) in [5, 5.41) is 13.7. The number of rotatable bonds is 6. The van der Waals surface area contributed by atoms with Crippen molar-refractivity contribution >= 4 is 34.1 Å². The van der Waals surface area contributed by atoms with Gasteiger partial charge in [-0.3, -0.25) is 19.3 Å². The first-order valence-electron chi connectivity index (χ1n) is 9.91. The molecule has 0 radical (unpaired) electrons. The van der Waals surface area contributed by atoms with Crippen LogP contribution in [-0.2, 0) is 20.9 Å². The molecule has 3 aromatic rings. The van der Waals surface area contributed by atoms with Crippen LogP contribution in [0.25, 0.3) is 10.9 Å². The van der Waals surface area contributed by atoms with Crippen molar-refractivity contribution < 1.29 is 14.3 Å². The number of aromatic nitrogens is 3. The number of nitrogens with zero attached hydrogens (tertiary/aromatic N) is 4. The monoisotopic (exact) mass is 422 g/mol. The van der Waals surface area contributed by atoms with Crippen molar-refractivity contribution in [2.75, 3.05) is 43.5 Å². The number of amides is 2. The largest absolute Gasteiger partial charge is 0.379 e. The minimum atomic E-state index is -0.407. The zero-order chi connectivity index (χ0) is 21.6. The van der Waals surface area contributed by atoms with Gasteiger partial charge < -0.3 is 15.4 Å². The highest BCUT2D eigenvalue weighted by molar-refractivity contribution is 5.93. The Balaban J connectivity index is 1.32. The molecule has 1 fully saturated rings. The molecule has 0 unspecified atom stereocenters. The zero-order valence-corrected chi connectivity index (χ0v) is 16.8. The van der Waals surface area contributed by atoms with Crippen LogP contribution in [0.2, 0.25) is 0 Å². The summed E-state index contributed by atoms with van der Waals surface area (Å²) in [6.07, 6.45) is 0. The van der Waals surface area contributed by atoms with Crippen LogP contribution in [-0.4, -0.2) is 64.6 Å². The molecule has 1 aromatic heterocycles. The standard InChI is InChI=1S/C21H22N6O4/c28-19(13-26-9-11-31-12-10-26)22-15-5-7-16(8-6-15)23-20(29)14-27-21(30)17-3-1-2-4-18(17)24-25-27/h1-8H,9-14H2,(H,22,28)(H,23,29). The van der Waals surface area contributed by atoms with Gasteiger partial charge in [0.2, 0.25) is 11.8 Å². The molecule has 10 nitrogen and oxygen atoms in total. The van der Waals surface area contributed by atoms with Gasteiger partial charge in [-0.05, 0) is 36.4 Å². The molecule has 0 aliphatic carbocycles. The first kappa shape index (κ1) is 20.6. The number of hydrogen-bond acceptors (Lipinski definition) is 7. The highest BCUT2D eigenvalue weighted by Gasteiger charge is 2.14. The first-order chi connectivity index (χ1) is 15.1. The second-order valence-electron chi connectivity index (χ2n) is 7.13. The van der Waals surface area contributed by atoms with E-state index >= 15 is 0 Å². The van der Waals surface area contributed by atoms with Gasteiger partial charge in [-0.2, -0.15) is 0 Å². The van der Waals surface area contributed by atoms with Crippen molar-refractivity contribution in [3.8, 4) is 0 Å².